The Balaban J connectivity index is 2.67. The Hall–Kier alpha value is -1.71. The Morgan fingerprint density at radius 1 is 1.54 bits per heavy atom. The van der Waals surface area contributed by atoms with E-state index in [1.165, 1.54) is 6.92 Å². The summed E-state index contributed by atoms with van der Waals surface area (Å²) in [6.07, 6.45) is 1.74. The molecule has 0 aliphatic rings. The van der Waals surface area contributed by atoms with Gasteiger partial charge < -0.3 is 0 Å². The molecular weight excluding hydrogens is 166 g/mol. The minimum Gasteiger partial charge on any atom is -0.295 e. The van der Waals surface area contributed by atoms with Gasteiger partial charge in [0.15, 0.2) is 11.4 Å². The molecule has 0 aliphatic heterocycles. The molecule has 2 aromatic rings. The molecule has 0 bridgehead atoms. The second-order valence-corrected chi connectivity index (χ2v) is 2.93. The Labute approximate surface area is 75.2 Å². The summed E-state index contributed by atoms with van der Waals surface area (Å²) in [7, 11) is 0. The standard InChI is InChI=1S/C9H9N3O/c1-6(13)8-3-4-12-9(5-8)10-7(2)11-12/h3-5H,1-2H3. The van der Waals surface area contributed by atoms with Gasteiger partial charge in [-0.25, -0.2) is 9.50 Å². The van der Waals surface area contributed by atoms with Gasteiger partial charge in [0.2, 0.25) is 0 Å². The molecule has 4 heteroatoms. The van der Waals surface area contributed by atoms with Gasteiger partial charge in [-0.3, -0.25) is 4.79 Å². The summed E-state index contributed by atoms with van der Waals surface area (Å²) in [5.41, 5.74) is 1.38. The minimum atomic E-state index is 0.0446. The minimum absolute atomic E-state index is 0.0446. The topological polar surface area (TPSA) is 47.3 Å². The van der Waals surface area contributed by atoms with Crippen molar-refractivity contribution in [2.45, 2.75) is 13.8 Å². The van der Waals surface area contributed by atoms with E-state index in [1.807, 2.05) is 6.92 Å². The molecule has 4 nitrogen and oxygen atoms in total. The van der Waals surface area contributed by atoms with Crippen LogP contribution in [-0.4, -0.2) is 20.4 Å². The maximum atomic E-state index is 11.0. The highest BCUT2D eigenvalue weighted by atomic mass is 16.1. The van der Waals surface area contributed by atoms with Crippen molar-refractivity contribution in [1.82, 2.24) is 14.6 Å². The largest absolute Gasteiger partial charge is 0.295 e. The lowest BCUT2D eigenvalue weighted by Crippen LogP contribution is -1.94. The first kappa shape index (κ1) is 7.91. The van der Waals surface area contributed by atoms with Crippen LogP contribution in [-0.2, 0) is 0 Å². The van der Waals surface area contributed by atoms with E-state index >= 15 is 0 Å². The van der Waals surface area contributed by atoms with Crippen molar-refractivity contribution in [3.63, 3.8) is 0 Å². The first-order valence-electron chi connectivity index (χ1n) is 4.01. The number of hydrogen-bond acceptors (Lipinski definition) is 3. The van der Waals surface area contributed by atoms with E-state index < -0.39 is 0 Å². The Morgan fingerprint density at radius 2 is 2.31 bits per heavy atom. The summed E-state index contributed by atoms with van der Waals surface area (Å²) in [6, 6.07) is 3.48. The summed E-state index contributed by atoms with van der Waals surface area (Å²) >= 11 is 0. The molecule has 0 N–H and O–H groups in total. The molecule has 0 radical (unpaired) electrons. The zero-order valence-corrected chi connectivity index (χ0v) is 7.48. The first-order valence-corrected chi connectivity index (χ1v) is 4.01. The van der Waals surface area contributed by atoms with Crippen LogP contribution in [0, 0.1) is 6.92 Å². The molecule has 0 saturated heterocycles. The van der Waals surface area contributed by atoms with E-state index in [-0.39, 0.29) is 5.78 Å². The van der Waals surface area contributed by atoms with Crippen molar-refractivity contribution >= 4 is 11.4 Å². The van der Waals surface area contributed by atoms with Gasteiger partial charge in [-0.15, -0.1) is 0 Å². The van der Waals surface area contributed by atoms with Crippen molar-refractivity contribution in [2.24, 2.45) is 0 Å². The fourth-order valence-corrected chi connectivity index (χ4v) is 1.21. The van der Waals surface area contributed by atoms with Gasteiger partial charge in [-0.1, -0.05) is 0 Å². The summed E-state index contributed by atoms with van der Waals surface area (Å²) < 4.78 is 1.65. The Kier molecular flexibility index (Phi) is 1.62. The fraction of sp³-hybridized carbons (Fsp3) is 0.222. The molecular formula is C9H9N3O. The number of aromatic nitrogens is 3. The molecule has 0 spiro atoms. The number of fused-ring (bicyclic) bond motifs is 1. The lowest BCUT2D eigenvalue weighted by molar-refractivity contribution is 0.101. The maximum Gasteiger partial charge on any atom is 0.159 e. The molecule has 2 rings (SSSR count). The van der Waals surface area contributed by atoms with Crippen LogP contribution in [0.5, 0.6) is 0 Å². The van der Waals surface area contributed by atoms with E-state index in [0.29, 0.717) is 17.0 Å². The zero-order valence-electron chi connectivity index (χ0n) is 7.48. The summed E-state index contributed by atoms with van der Waals surface area (Å²) in [6.45, 7) is 3.36. The molecule has 0 atom stereocenters. The van der Waals surface area contributed by atoms with E-state index in [4.69, 9.17) is 0 Å². The monoisotopic (exact) mass is 175 g/mol. The van der Waals surface area contributed by atoms with Crippen molar-refractivity contribution in [3.8, 4) is 0 Å². The second kappa shape index (κ2) is 2.65. The number of nitrogens with zero attached hydrogens (tertiary/aromatic N) is 3. The van der Waals surface area contributed by atoms with Crippen LogP contribution >= 0.6 is 0 Å². The summed E-state index contributed by atoms with van der Waals surface area (Å²) in [4.78, 5) is 15.2. The Bertz CT molecular complexity index is 473. The predicted molar refractivity (Wildman–Crippen MR) is 47.7 cm³/mol. The molecule has 66 valence electrons. The third-order valence-corrected chi connectivity index (χ3v) is 1.85. The number of carbonyl (C=O) groups excluding carboxylic acids is 1. The number of pyridine rings is 1. The molecule has 0 aliphatic carbocycles. The van der Waals surface area contributed by atoms with Crippen molar-refractivity contribution in [1.29, 1.82) is 0 Å². The number of aryl methyl sites for hydroxylation is 1. The molecule has 0 amide bonds. The van der Waals surface area contributed by atoms with Gasteiger partial charge in [0.1, 0.15) is 5.82 Å². The molecule has 0 aromatic carbocycles. The van der Waals surface area contributed by atoms with Gasteiger partial charge in [-0.05, 0) is 26.0 Å². The smallest absolute Gasteiger partial charge is 0.159 e. The molecule has 0 unspecified atom stereocenters. The summed E-state index contributed by atoms with van der Waals surface area (Å²) in [5.74, 6) is 0.754. The van der Waals surface area contributed by atoms with E-state index in [0.717, 1.165) is 0 Å². The molecule has 2 aromatic heterocycles. The van der Waals surface area contributed by atoms with E-state index in [2.05, 4.69) is 10.1 Å². The number of Topliss-reactive ketones (excluding diaryl/α,β-unsaturated/α-hetero) is 1. The van der Waals surface area contributed by atoms with Crippen LogP contribution < -0.4 is 0 Å². The highest BCUT2D eigenvalue weighted by Crippen LogP contribution is 2.05. The SMILES string of the molecule is CC(=O)c1ccn2nc(C)nc2c1. The molecule has 13 heavy (non-hydrogen) atoms. The fourth-order valence-electron chi connectivity index (χ4n) is 1.21. The molecule has 0 fully saturated rings. The molecule has 2 heterocycles. The van der Waals surface area contributed by atoms with Crippen molar-refractivity contribution < 1.29 is 4.79 Å². The predicted octanol–water partition coefficient (Wildman–Crippen LogP) is 1.24. The number of rotatable bonds is 1. The number of carbonyl (C=O) groups is 1. The third-order valence-electron chi connectivity index (χ3n) is 1.85. The van der Waals surface area contributed by atoms with Crippen LogP contribution in [0.2, 0.25) is 0 Å². The van der Waals surface area contributed by atoms with Crippen molar-refractivity contribution in [3.05, 3.63) is 29.7 Å². The number of ketones is 1. The lowest BCUT2D eigenvalue weighted by Gasteiger charge is -1.94. The van der Waals surface area contributed by atoms with Gasteiger partial charge in [0.05, 0.1) is 0 Å². The van der Waals surface area contributed by atoms with E-state index in [1.54, 1.807) is 22.8 Å². The lowest BCUT2D eigenvalue weighted by atomic mass is 10.2. The van der Waals surface area contributed by atoms with Gasteiger partial charge in [0, 0.05) is 11.8 Å². The highest BCUT2D eigenvalue weighted by molar-refractivity contribution is 5.94. The average Bonchev–Trinajstić information content (AvgIpc) is 2.42. The van der Waals surface area contributed by atoms with Crippen LogP contribution in [0.15, 0.2) is 18.3 Å². The third kappa shape index (κ3) is 1.30. The normalized spacial score (nSPS) is 10.6. The van der Waals surface area contributed by atoms with Crippen LogP contribution in [0.1, 0.15) is 23.1 Å². The molecule has 0 saturated carbocycles. The van der Waals surface area contributed by atoms with Crippen LogP contribution in [0.3, 0.4) is 0 Å². The first-order chi connectivity index (χ1) is 6.16. The van der Waals surface area contributed by atoms with Gasteiger partial charge in [-0.2, -0.15) is 5.10 Å². The number of hydrogen-bond donors (Lipinski definition) is 0. The summed E-state index contributed by atoms with van der Waals surface area (Å²) in [5, 5.41) is 4.11. The maximum absolute atomic E-state index is 11.0. The zero-order chi connectivity index (χ0) is 9.42. The quantitative estimate of drug-likeness (QED) is 0.612. The van der Waals surface area contributed by atoms with Crippen LogP contribution in [0.25, 0.3) is 5.65 Å². The Morgan fingerprint density at radius 3 is 3.00 bits per heavy atom. The van der Waals surface area contributed by atoms with Crippen LogP contribution in [0.4, 0.5) is 0 Å². The average molecular weight is 175 g/mol. The van der Waals surface area contributed by atoms with Crippen molar-refractivity contribution in [2.75, 3.05) is 0 Å². The van der Waals surface area contributed by atoms with E-state index in [9.17, 15) is 4.79 Å². The highest BCUT2D eigenvalue weighted by Gasteiger charge is 2.03. The van der Waals surface area contributed by atoms with Gasteiger partial charge >= 0.3 is 0 Å². The van der Waals surface area contributed by atoms with Gasteiger partial charge in [0.25, 0.3) is 0 Å². The second-order valence-electron chi connectivity index (χ2n) is 2.93.